The first-order valence-corrected chi connectivity index (χ1v) is 6.70. The van der Waals surface area contributed by atoms with Gasteiger partial charge in [0.05, 0.1) is 14.2 Å². The van der Waals surface area contributed by atoms with Crippen LogP contribution in [0.2, 0.25) is 0 Å². The first-order valence-electron chi connectivity index (χ1n) is 6.70. The minimum absolute atomic E-state index is 0.580. The summed E-state index contributed by atoms with van der Waals surface area (Å²) in [6, 6.07) is 5.65. The summed E-state index contributed by atoms with van der Waals surface area (Å²) in [6.45, 7) is 3.17. The molecule has 0 saturated carbocycles. The molecule has 5 nitrogen and oxygen atoms in total. The molecule has 0 spiro atoms. The number of hydrogen-bond donors (Lipinski definition) is 1. The molecule has 0 aromatic heterocycles. The predicted molar refractivity (Wildman–Crippen MR) is 75.2 cm³/mol. The second-order valence-electron chi connectivity index (χ2n) is 5.33. The number of aliphatic carboxylic acids is 1. The van der Waals surface area contributed by atoms with Gasteiger partial charge in [-0.25, -0.2) is 0 Å². The summed E-state index contributed by atoms with van der Waals surface area (Å²) in [6.07, 6.45) is 1.59. The van der Waals surface area contributed by atoms with Gasteiger partial charge in [-0.15, -0.1) is 0 Å². The molecule has 1 aliphatic heterocycles. The Kier molecular flexibility index (Phi) is 4.18. The van der Waals surface area contributed by atoms with Crippen molar-refractivity contribution in [1.82, 2.24) is 4.90 Å². The number of carbonyl (C=O) groups is 1. The van der Waals surface area contributed by atoms with Crippen LogP contribution >= 0.6 is 0 Å². The SMILES string of the molecule is COc1cc(CN2CCCC2(C)C(=O)O)cc(OC)c1. The smallest absolute Gasteiger partial charge is 0.323 e. The van der Waals surface area contributed by atoms with E-state index in [1.54, 1.807) is 21.1 Å². The summed E-state index contributed by atoms with van der Waals surface area (Å²) < 4.78 is 10.5. The van der Waals surface area contributed by atoms with E-state index in [0.717, 1.165) is 30.0 Å². The summed E-state index contributed by atoms with van der Waals surface area (Å²) in [7, 11) is 3.21. The van der Waals surface area contributed by atoms with Gasteiger partial charge in [0.25, 0.3) is 0 Å². The third kappa shape index (κ3) is 2.72. The maximum absolute atomic E-state index is 11.5. The number of nitrogens with zero attached hydrogens (tertiary/aromatic N) is 1. The molecule has 1 N–H and O–H groups in total. The van der Waals surface area contributed by atoms with Gasteiger partial charge in [0.2, 0.25) is 0 Å². The van der Waals surface area contributed by atoms with Crippen molar-refractivity contribution in [2.24, 2.45) is 0 Å². The minimum Gasteiger partial charge on any atom is -0.497 e. The van der Waals surface area contributed by atoms with Crippen molar-refractivity contribution >= 4 is 5.97 Å². The highest BCUT2D eigenvalue weighted by molar-refractivity contribution is 5.78. The number of rotatable bonds is 5. The molecule has 1 atom stereocenters. The Hall–Kier alpha value is -1.75. The first kappa shape index (κ1) is 14.7. The number of benzene rings is 1. The Labute approximate surface area is 119 Å². The van der Waals surface area contributed by atoms with Crippen LogP contribution in [0.3, 0.4) is 0 Å². The Morgan fingerprint density at radius 2 is 1.90 bits per heavy atom. The summed E-state index contributed by atoms with van der Waals surface area (Å²) >= 11 is 0. The van der Waals surface area contributed by atoms with E-state index in [4.69, 9.17) is 9.47 Å². The topological polar surface area (TPSA) is 59.0 Å². The maximum atomic E-state index is 11.5. The van der Waals surface area contributed by atoms with E-state index >= 15 is 0 Å². The molecule has 2 rings (SSSR count). The van der Waals surface area contributed by atoms with Crippen molar-refractivity contribution in [3.8, 4) is 11.5 Å². The number of likely N-dealkylation sites (tertiary alicyclic amines) is 1. The Morgan fingerprint density at radius 1 is 1.30 bits per heavy atom. The lowest BCUT2D eigenvalue weighted by Gasteiger charge is -2.31. The van der Waals surface area contributed by atoms with Gasteiger partial charge in [0, 0.05) is 12.6 Å². The van der Waals surface area contributed by atoms with E-state index < -0.39 is 11.5 Å². The number of methoxy groups -OCH3 is 2. The van der Waals surface area contributed by atoms with Crippen LogP contribution in [0.5, 0.6) is 11.5 Å². The molecule has 0 aliphatic carbocycles. The van der Waals surface area contributed by atoms with E-state index in [-0.39, 0.29) is 0 Å². The summed E-state index contributed by atoms with van der Waals surface area (Å²) in [5.41, 5.74) is 0.214. The molecule has 110 valence electrons. The summed E-state index contributed by atoms with van der Waals surface area (Å²) in [4.78, 5) is 13.5. The highest BCUT2D eigenvalue weighted by Gasteiger charge is 2.43. The van der Waals surface area contributed by atoms with Crippen LogP contribution in [0.4, 0.5) is 0 Å². The Morgan fingerprint density at radius 3 is 2.40 bits per heavy atom. The zero-order valence-electron chi connectivity index (χ0n) is 12.2. The van der Waals surface area contributed by atoms with Crippen LogP contribution in [0.25, 0.3) is 0 Å². The quantitative estimate of drug-likeness (QED) is 0.895. The second kappa shape index (κ2) is 5.71. The largest absolute Gasteiger partial charge is 0.497 e. The van der Waals surface area contributed by atoms with Crippen molar-refractivity contribution in [1.29, 1.82) is 0 Å². The highest BCUT2D eigenvalue weighted by atomic mass is 16.5. The number of hydrogen-bond acceptors (Lipinski definition) is 4. The molecule has 5 heteroatoms. The lowest BCUT2D eigenvalue weighted by atomic mass is 9.99. The zero-order valence-corrected chi connectivity index (χ0v) is 12.2. The van der Waals surface area contributed by atoms with Crippen LogP contribution < -0.4 is 9.47 Å². The molecule has 0 bridgehead atoms. The van der Waals surface area contributed by atoms with Crippen LogP contribution in [0.15, 0.2) is 18.2 Å². The van der Waals surface area contributed by atoms with Gasteiger partial charge in [-0.05, 0) is 44.0 Å². The van der Waals surface area contributed by atoms with Gasteiger partial charge in [0.1, 0.15) is 17.0 Å². The maximum Gasteiger partial charge on any atom is 0.323 e. The lowest BCUT2D eigenvalue weighted by Crippen LogP contribution is -2.47. The fourth-order valence-electron chi connectivity index (χ4n) is 2.69. The van der Waals surface area contributed by atoms with E-state index in [1.165, 1.54) is 0 Å². The fraction of sp³-hybridized carbons (Fsp3) is 0.533. The van der Waals surface area contributed by atoms with E-state index in [1.807, 2.05) is 23.1 Å². The Balaban J connectivity index is 2.23. The third-order valence-electron chi connectivity index (χ3n) is 4.03. The van der Waals surface area contributed by atoms with Crippen LogP contribution in [-0.2, 0) is 11.3 Å². The third-order valence-corrected chi connectivity index (χ3v) is 4.03. The highest BCUT2D eigenvalue weighted by Crippen LogP contribution is 2.32. The second-order valence-corrected chi connectivity index (χ2v) is 5.33. The number of carboxylic acids is 1. The van der Waals surface area contributed by atoms with Crippen molar-refractivity contribution in [2.75, 3.05) is 20.8 Å². The molecule has 0 radical (unpaired) electrons. The van der Waals surface area contributed by atoms with E-state index in [9.17, 15) is 9.90 Å². The molecule has 1 unspecified atom stereocenters. The van der Waals surface area contributed by atoms with Gasteiger partial charge in [-0.3, -0.25) is 9.69 Å². The minimum atomic E-state index is -0.781. The summed E-state index contributed by atoms with van der Waals surface area (Å²) in [5, 5.41) is 9.43. The molecule has 1 fully saturated rings. The monoisotopic (exact) mass is 279 g/mol. The predicted octanol–water partition coefficient (Wildman–Crippen LogP) is 2.14. The molecular weight excluding hydrogens is 258 g/mol. The van der Waals surface area contributed by atoms with Crippen molar-refractivity contribution < 1.29 is 19.4 Å². The van der Waals surface area contributed by atoms with Gasteiger partial charge >= 0.3 is 5.97 Å². The van der Waals surface area contributed by atoms with Gasteiger partial charge < -0.3 is 14.6 Å². The van der Waals surface area contributed by atoms with Crippen molar-refractivity contribution in [2.45, 2.75) is 31.8 Å². The summed E-state index contributed by atoms with van der Waals surface area (Å²) in [5.74, 6) is 0.677. The van der Waals surface area contributed by atoms with E-state index in [2.05, 4.69) is 0 Å². The van der Waals surface area contributed by atoms with Crippen LogP contribution in [0, 0.1) is 0 Å². The molecule has 1 saturated heterocycles. The van der Waals surface area contributed by atoms with Crippen LogP contribution in [-0.4, -0.2) is 42.3 Å². The normalized spacial score (nSPS) is 22.8. The molecule has 1 aliphatic rings. The van der Waals surface area contributed by atoms with Gasteiger partial charge in [0.15, 0.2) is 0 Å². The van der Waals surface area contributed by atoms with E-state index in [0.29, 0.717) is 13.0 Å². The van der Waals surface area contributed by atoms with Crippen molar-refractivity contribution in [3.05, 3.63) is 23.8 Å². The molecule has 1 aromatic rings. The average Bonchev–Trinajstić information content (AvgIpc) is 2.81. The molecule has 20 heavy (non-hydrogen) atoms. The number of carboxylic acid groups (broad SMARTS) is 1. The first-order chi connectivity index (χ1) is 9.49. The molecule has 1 heterocycles. The molecular formula is C15H21NO4. The lowest BCUT2D eigenvalue weighted by molar-refractivity contribution is -0.148. The number of ether oxygens (including phenoxy) is 2. The zero-order chi connectivity index (χ0) is 14.8. The van der Waals surface area contributed by atoms with Crippen molar-refractivity contribution in [3.63, 3.8) is 0 Å². The van der Waals surface area contributed by atoms with Gasteiger partial charge in [-0.1, -0.05) is 0 Å². The van der Waals surface area contributed by atoms with Crippen LogP contribution in [0.1, 0.15) is 25.3 Å². The standard InChI is InChI=1S/C15H21NO4/c1-15(14(17)18)5-4-6-16(15)10-11-7-12(19-2)9-13(8-11)20-3/h7-9H,4-6,10H2,1-3H3,(H,17,18). The Bertz CT molecular complexity index is 480. The molecule has 1 aromatic carbocycles. The fourth-order valence-corrected chi connectivity index (χ4v) is 2.69. The molecule has 0 amide bonds. The van der Waals surface area contributed by atoms with Gasteiger partial charge in [-0.2, -0.15) is 0 Å². The average molecular weight is 279 g/mol.